The summed E-state index contributed by atoms with van der Waals surface area (Å²) in [5.74, 6) is -2.98. The topological polar surface area (TPSA) is 56.3 Å². The zero-order chi connectivity index (χ0) is 12.8. The Hall–Kier alpha value is -1.78. The van der Waals surface area contributed by atoms with Gasteiger partial charge in [0.15, 0.2) is 11.6 Å². The summed E-state index contributed by atoms with van der Waals surface area (Å²) in [5.41, 5.74) is -0.313. The summed E-state index contributed by atoms with van der Waals surface area (Å²) < 4.78 is 18.1. The lowest BCUT2D eigenvalue weighted by molar-refractivity contribution is -0.146. The van der Waals surface area contributed by atoms with Gasteiger partial charge < -0.3 is 4.74 Å². The Balaban J connectivity index is 2.94. The molecule has 0 saturated heterocycles. The molecule has 4 nitrogen and oxygen atoms in total. The van der Waals surface area contributed by atoms with Crippen molar-refractivity contribution in [1.29, 1.82) is 0 Å². The van der Waals surface area contributed by atoms with Crippen molar-refractivity contribution in [2.45, 2.75) is 20.3 Å². The van der Waals surface area contributed by atoms with Crippen molar-refractivity contribution in [3.8, 4) is 0 Å². The van der Waals surface area contributed by atoms with Crippen LogP contribution in [0.5, 0.6) is 0 Å². The maximum Gasteiger partial charge on any atom is 0.316 e. The van der Waals surface area contributed by atoms with Crippen molar-refractivity contribution in [3.05, 3.63) is 29.8 Å². The Morgan fingerprint density at radius 3 is 2.71 bits per heavy atom. The molecule has 0 radical (unpaired) electrons. The smallest absolute Gasteiger partial charge is 0.316 e. The van der Waals surface area contributed by atoms with Gasteiger partial charge in [0.1, 0.15) is 11.6 Å². The van der Waals surface area contributed by atoms with Gasteiger partial charge in [0.2, 0.25) is 0 Å². The minimum Gasteiger partial charge on any atom is -0.465 e. The largest absolute Gasteiger partial charge is 0.465 e. The number of esters is 1. The van der Waals surface area contributed by atoms with Crippen LogP contribution in [0.3, 0.4) is 0 Å². The molecule has 1 heterocycles. The highest BCUT2D eigenvalue weighted by Gasteiger charge is 2.29. The van der Waals surface area contributed by atoms with E-state index in [4.69, 9.17) is 4.74 Å². The van der Waals surface area contributed by atoms with Gasteiger partial charge in [0.25, 0.3) is 0 Å². The van der Waals surface area contributed by atoms with E-state index in [1.807, 2.05) is 0 Å². The van der Waals surface area contributed by atoms with E-state index in [1.54, 1.807) is 13.8 Å². The Labute approximate surface area is 98.8 Å². The number of pyridine rings is 1. The van der Waals surface area contributed by atoms with Crippen LogP contribution in [-0.4, -0.2) is 23.3 Å². The van der Waals surface area contributed by atoms with Crippen molar-refractivity contribution in [3.63, 3.8) is 0 Å². The van der Waals surface area contributed by atoms with Crippen LogP contribution in [0.1, 0.15) is 30.8 Å². The van der Waals surface area contributed by atoms with Gasteiger partial charge in [-0.1, -0.05) is 6.92 Å². The first kappa shape index (κ1) is 13.3. The van der Waals surface area contributed by atoms with E-state index >= 15 is 0 Å². The lowest BCUT2D eigenvalue weighted by Gasteiger charge is -2.11. The third-order valence-electron chi connectivity index (χ3n) is 2.29. The molecule has 0 bridgehead atoms. The minimum absolute atomic E-state index is 0.188. The average Bonchev–Trinajstić information content (AvgIpc) is 2.30. The predicted octanol–water partition coefficient (Wildman–Crippen LogP) is 1.99. The molecule has 0 aliphatic rings. The van der Waals surface area contributed by atoms with E-state index in [9.17, 15) is 14.0 Å². The Morgan fingerprint density at radius 2 is 2.18 bits per heavy atom. The molecule has 0 aliphatic heterocycles. The number of aromatic nitrogens is 1. The summed E-state index contributed by atoms with van der Waals surface area (Å²) >= 11 is 0. The Morgan fingerprint density at radius 1 is 1.47 bits per heavy atom. The molecular weight excluding hydrogens is 225 g/mol. The lowest BCUT2D eigenvalue weighted by atomic mass is 9.98. The number of halogens is 1. The maximum atomic E-state index is 13.4. The Kier molecular flexibility index (Phi) is 4.75. The Bertz CT molecular complexity index is 420. The first-order valence-corrected chi connectivity index (χ1v) is 5.43. The molecule has 92 valence electrons. The normalized spacial score (nSPS) is 11.9. The zero-order valence-corrected chi connectivity index (χ0v) is 9.77. The van der Waals surface area contributed by atoms with Crippen molar-refractivity contribution >= 4 is 11.8 Å². The predicted molar refractivity (Wildman–Crippen MR) is 58.9 cm³/mol. The second-order valence-electron chi connectivity index (χ2n) is 3.41. The molecule has 0 N–H and O–H groups in total. The molecule has 1 rings (SSSR count). The van der Waals surface area contributed by atoms with Gasteiger partial charge in [0, 0.05) is 6.20 Å². The summed E-state index contributed by atoms with van der Waals surface area (Å²) in [6.07, 6.45) is 1.57. The van der Waals surface area contributed by atoms with Gasteiger partial charge in [-0.2, -0.15) is 0 Å². The van der Waals surface area contributed by atoms with Gasteiger partial charge in [-0.25, -0.2) is 4.39 Å². The van der Waals surface area contributed by atoms with Crippen molar-refractivity contribution in [2.24, 2.45) is 5.92 Å². The van der Waals surface area contributed by atoms with Crippen LogP contribution in [-0.2, 0) is 9.53 Å². The van der Waals surface area contributed by atoms with E-state index < -0.39 is 23.5 Å². The second-order valence-corrected chi connectivity index (χ2v) is 3.41. The SMILES string of the molecule is CCOC(=O)C(CC)C(=O)c1ncccc1F. The van der Waals surface area contributed by atoms with Crippen LogP contribution in [0.15, 0.2) is 18.3 Å². The zero-order valence-electron chi connectivity index (χ0n) is 9.77. The highest BCUT2D eigenvalue weighted by molar-refractivity contribution is 6.07. The summed E-state index contributed by atoms with van der Waals surface area (Å²) in [6, 6.07) is 2.52. The molecule has 1 unspecified atom stereocenters. The van der Waals surface area contributed by atoms with Crippen LogP contribution < -0.4 is 0 Å². The third kappa shape index (κ3) is 3.09. The van der Waals surface area contributed by atoms with Gasteiger partial charge >= 0.3 is 5.97 Å². The van der Waals surface area contributed by atoms with Crippen molar-refractivity contribution in [1.82, 2.24) is 4.98 Å². The molecule has 17 heavy (non-hydrogen) atoms. The molecule has 1 aromatic heterocycles. The first-order chi connectivity index (χ1) is 8.11. The molecule has 5 heteroatoms. The molecule has 0 saturated carbocycles. The number of carbonyl (C=O) groups excluding carboxylic acids is 2. The lowest BCUT2D eigenvalue weighted by Crippen LogP contribution is -2.27. The standard InChI is InChI=1S/C12H14FNO3/c1-3-8(12(16)17-4-2)11(15)10-9(13)6-5-7-14-10/h5-8H,3-4H2,1-2H3. The van der Waals surface area contributed by atoms with E-state index in [2.05, 4.69) is 4.98 Å². The number of nitrogens with zero attached hydrogens (tertiary/aromatic N) is 1. The minimum atomic E-state index is -0.987. The number of carbonyl (C=O) groups is 2. The van der Waals surface area contributed by atoms with Crippen LogP contribution in [0.4, 0.5) is 4.39 Å². The third-order valence-corrected chi connectivity index (χ3v) is 2.29. The quantitative estimate of drug-likeness (QED) is 0.448. The molecule has 0 aliphatic carbocycles. The molecule has 1 atom stereocenters. The maximum absolute atomic E-state index is 13.4. The van der Waals surface area contributed by atoms with Crippen molar-refractivity contribution in [2.75, 3.05) is 6.61 Å². The molecular formula is C12H14FNO3. The fourth-order valence-corrected chi connectivity index (χ4v) is 1.43. The summed E-state index contributed by atoms with van der Waals surface area (Å²) in [4.78, 5) is 27.1. The van der Waals surface area contributed by atoms with Crippen LogP contribution in [0.25, 0.3) is 0 Å². The highest BCUT2D eigenvalue weighted by Crippen LogP contribution is 2.15. The molecule has 0 spiro atoms. The van der Waals surface area contributed by atoms with Gasteiger partial charge in [-0.3, -0.25) is 14.6 Å². The number of hydrogen-bond donors (Lipinski definition) is 0. The summed E-state index contributed by atoms with van der Waals surface area (Å²) in [7, 11) is 0. The number of rotatable bonds is 5. The first-order valence-electron chi connectivity index (χ1n) is 5.43. The molecule has 0 amide bonds. The summed E-state index contributed by atoms with van der Waals surface area (Å²) in [5, 5.41) is 0. The van der Waals surface area contributed by atoms with Crippen molar-refractivity contribution < 1.29 is 18.7 Å². The number of ether oxygens (including phenoxy) is 1. The van der Waals surface area contributed by atoms with E-state index in [1.165, 1.54) is 12.3 Å². The molecule has 1 aromatic rings. The fraction of sp³-hybridized carbons (Fsp3) is 0.417. The number of ketones is 1. The van der Waals surface area contributed by atoms with Crippen LogP contribution >= 0.6 is 0 Å². The number of hydrogen-bond acceptors (Lipinski definition) is 4. The van der Waals surface area contributed by atoms with E-state index in [0.29, 0.717) is 0 Å². The number of Topliss-reactive ketones (excluding diaryl/α,β-unsaturated/α-hetero) is 1. The van der Waals surface area contributed by atoms with Gasteiger partial charge in [0.05, 0.1) is 6.61 Å². The van der Waals surface area contributed by atoms with Crippen LogP contribution in [0, 0.1) is 11.7 Å². The fourth-order valence-electron chi connectivity index (χ4n) is 1.43. The molecule has 0 aromatic carbocycles. The molecule has 0 fully saturated rings. The van der Waals surface area contributed by atoms with Gasteiger partial charge in [-0.05, 0) is 25.5 Å². The second kappa shape index (κ2) is 6.08. The highest BCUT2D eigenvalue weighted by atomic mass is 19.1. The van der Waals surface area contributed by atoms with Crippen LogP contribution in [0.2, 0.25) is 0 Å². The monoisotopic (exact) mass is 239 g/mol. The average molecular weight is 239 g/mol. The van der Waals surface area contributed by atoms with E-state index in [-0.39, 0.29) is 18.7 Å². The summed E-state index contributed by atoms with van der Waals surface area (Å²) in [6.45, 7) is 3.50. The van der Waals surface area contributed by atoms with Gasteiger partial charge in [-0.15, -0.1) is 0 Å². The van der Waals surface area contributed by atoms with E-state index in [0.717, 1.165) is 6.07 Å².